The minimum atomic E-state index is -3.11. The zero-order valence-corrected chi connectivity index (χ0v) is 12.6. The van der Waals surface area contributed by atoms with Crippen LogP contribution in [0.3, 0.4) is 0 Å². The van der Waals surface area contributed by atoms with Crippen LogP contribution in [0.5, 0.6) is 0 Å². The molecule has 20 heavy (non-hydrogen) atoms. The van der Waals surface area contributed by atoms with Gasteiger partial charge in [-0.05, 0) is 30.9 Å². The summed E-state index contributed by atoms with van der Waals surface area (Å²) >= 11 is 0. The summed E-state index contributed by atoms with van der Waals surface area (Å²) in [5.41, 5.74) is 6.01. The lowest BCUT2D eigenvalue weighted by atomic mass is 9.75. The van der Waals surface area contributed by atoms with Crippen molar-refractivity contribution >= 4 is 15.8 Å². The summed E-state index contributed by atoms with van der Waals surface area (Å²) in [5, 5.41) is 9.60. The van der Waals surface area contributed by atoms with Crippen molar-refractivity contribution in [3.05, 3.63) is 35.4 Å². The normalized spacial score (nSPS) is 14.8. The van der Waals surface area contributed by atoms with Crippen LogP contribution in [-0.4, -0.2) is 38.0 Å². The summed E-state index contributed by atoms with van der Waals surface area (Å²) in [6.45, 7) is 1.77. The first-order chi connectivity index (χ1) is 9.23. The SMILES string of the molecule is Cc1ccccc1C(CN)(CCCS(C)(=O)=O)C(=O)O. The van der Waals surface area contributed by atoms with E-state index in [1.165, 1.54) is 0 Å². The molecular weight excluding hydrogens is 278 g/mol. The topological polar surface area (TPSA) is 97.5 Å². The van der Waals surface area contributed by atoms with Crippen LogP contribution in [0.1, 0.15) is 24.0 Å². The third kappa shape index (κ3) is 3.80. The van der Waals surface area contributed by atoms with Crippen LogP contribution in [0.25, 0.3) is 0 Å². The number of benzene rings is 1. The van der Waals surface area contributed by atoms with E-state index in [1.54, 1.807) is 12.1 Å². The highest BCUT2D eigenvalue weighted by atomic mass is 32.2. The van der Waals surface area contributed by atoms with Gasteiger partial charge in [0, 0.05) is 18.6 Å². The van der Waals surface area contributed by atoms with Crippen molar-refractivity contribution in [3.8, 4) is 0 Å². The fraction of sp³-hybridized carbons (Fsp3) is 0.500. The van der Waals surface area contributed by atoms with Gasteiger partial charge in [-0.2, -0.15) is 0 Å². The first-order valence-corrected chi connectivity index (χ1v) is 8.46. The van der Waals surface area contributed by atoms with Crippen molar-refractivity contribution in [1.82, 2.24) is 0 Å². The van der Waals surface area contributed by atoms with Gasteiger partial charge in [0.05, 0.1) is 0 Å². The van der Waals surface area contributed by atoms with Crippen LogP contribution >= 0.6 is 0 Å². The smallest absolute Gasteiger partial charge is 0.315 e. The van der Waals surface area contributed by atoms with E-state index >= 15 is 0 Å². The van der Waals surface area contributed by atoms with Crippen molar-refractivity contribution in [3.63, 3.8) is 0 Å². The number of aryl methyl sites for hydroxylation is 1. The zero-order valence-electron chi connectivity index (χ0n) is 11.8. The summed E-state index contributed by atoms with van der Waals surface area (Å²) in [6, 6.07) is 7.18. The van der Waals surface area contributed by atoms with Gasteiger partial charge in [0.2, 0.25) is 0 Å². The number of sulfone groups is 1. The molecule has 1 unspecified atom stereocenters. The van der Waals surface area contributed by atoms with E-state index in [4.69, 9.17) is 5.73 Å². The number of aliphatic carboxylic acids is 1. The molecule has 0 aliphatic rings. The van der Waals surface area contributed by atoms with Crippen LogP contribution in [-0.2, 0) is 20.0 Å². The molecule has 5 nitrogen and oxygen atoms in total. The lowest BCUT2D eigenvalue weighted by molar-refractivity contribution is -0.143. The predicted molar refractivity (Wildman–Crippen MR) is 78.5 cm³/mol. The maximum Gasteiger partial charge on any atom is 0.315 e. The Morgan fingerprint density at radius 3 is 2.40 bits per heavy atom. The Labute approximate surface area is 119 Å². The van der Waals surface area contributed by atoms with E-state index in [-0.39, 0.29) is 25.1 Å². The van der Waals surface area contributed by atoms with Gasteiger partial charge in [0.25, 0.3) is 0 Å². The standard InChI is InChI=1S/C14H21NO4S/c1-11-6-3-4-7-12(11)14(10-15,13(16)17)8-5-9-20(2,18)19/h3-4,6-7H,5,8-10,15H2,1-2H3,(H,16,17). The number of rotatable bonds is 7. The van der Waals surface area contributed by atoms with Crippen molar-refractivity contribution < 1.29 is 18.3 Å². The Morgan fingerprint density at radius 2 is 1.95 bits per heavy atom. The lowest BCUT2D eigenvalue weighted by Crippen LogP contribution is -2.43. The molecule has 0 aliphatic heterocycles. The number of carbonyl (C=O) groups is 1. The molecule has 3 N–H and O–H groups in total. The van der Waals surface area contributed by atoms with Crippen LogP contribution < -0.4 is 5.73 Å². The second kappa shape index (κ2) is 6.37. The maximum absolute atomic E-state index is 11.7. The third-order valence-corrected chi connectivity index (χ3v) is 4.57. The molecular formula is C14H21NO4S. The monoisotopic (exact) mass is 299 g/mol. The first-order valence-electron chi connectivity index (χ1n) is 6.40. The minimum absolute atomic E-state index is 0.0338. The molecule has 0 saturated heterocycles. The highest BCUT2D eigenvalue weighted by molar-refractivity contribution is 7.90. The van der Waals surface area contributed by atoms with Crippen LogP contribution in [0.4, 0.5) is 0 Å². The molecule has 1 aromatic rings. The Kier molecular flexibility index (Phi) is 5.30. The zero-order chi connectivity index (χ0) is 15.4. The average Bonchev–Trinajstić information content (AvgIpc) is 2.34. The van der Waals surface area contributed by atoms with Crippen molar-refractivity contribution in [2.24, 2.45) is 5.73 Å². The molecule has 0 saturated carbocycles. The van der Waals surface area contributed by atoms with E-state index in [2.05, 4.69) is 0 Å². The number of carboxylic acid groups (broad SMARTS) is 1. The Hall–Kier alpha value is -1.40. The van der Waals surface area contributed by atoms with Gasteiger partial charge >= 0.3 is 5.97 Å². The molecule has 0 aliphatic carbocycles. The van der Waals surface area contributed by atoms with Crippen LogP contribution in [0.2, 0.25) is 0 Å². The third-order valence-electron chi connectivity index (χ3n) is 3.54. The minimum Gasteiger partial charge on any atom is -0.481 e. The van der Waals surface area contributed by atoms with E-state index in [0.29, 0.717) is 5.56 Å². The summed E-state index contributed by atoms with van der Waals surface area (Å²) in [7, 11) is -3.11. The quantitative estimate of drug-likeness (QED) is 0.785. The van der Waals surface area contributed by atoms with Gasteiger partial charge in [-0.25, -0.2) is 8.42 Å². The molecule has 1 rings (SSSR count). The van der Waals surface area contributed by atoms with Crippen molar-refractivity contribution in [1.29, 1.82) is 0 Å². The number of nitrogens with two attached hydrogens (primary N) is 1. The largest absolute Gasteiger partial charge is 0.481 e. The average molecular weight is 299 g/mol. The molecule has 112 valence electrons. The molecule has 0 amide bonds. The van der Waals surface area contributed by atoms with Crippen molar-refractivity contribution in [2.75, 3.05) is 18.6 Å². The molecule has 1 atom stereocenters. The predicted octanol–water partition coefficient (Wildman–Crippen LogP) is 1.10. The molecule has 0 radical (unpaired) electrons. The number of hydrogen-bond acceptors (Lipinski definition) is 4. The van der Waals surface area contributed by atoms with Crippen molar-refractivity contribution in [2.45, 2.75) is 25.2 Å². The fourth-order valence-electron chi connectivity index (χ4n) is 2.40. The van der Waals surface area contributed by atoms with Gasteiger partial charge in [0.15, 0.2) is 0 Å². The molecule has 1 aromatic carbocycles. The second-order valence-electron chi connectivity index (χ2n) is 5.14. The highest BCUT2D eigenvalue weighted by Crippen LogP contribution is 2.31. The van der Waals surface area contributed by atoms with Gasteiger partial charge in [0.1, 0.15) is 15.3 Å². The first kappa shape index (κ1) is 16.7. The van der Waals surface area contributed by atoms with Gasteiger partial charge in [-0.1, -0.05) is 24.3 Å². The summed E-state index contributed by atoms with van der Waals surface area (Å²) in [5.74, 6) is -1.05. The fourth-order valence-corrected chi connectivity index (χ4v) is 3.07. The molecule has 0 spiro atoms. The molecule has 0 bridgehead atoms. The number of hydrogen-bond donors (Lipinski definition) is 2. The number of carboxylic acids is 1. The van der Waals surface area contributed by atoms with E-state index < -0.39 is 21.2 Å². The molecule has 0 heterocycles. The molecule has 0 fully saturated rings. The van der Waals surface area contributed by atoms with Gasteiger partial charge in [-0.3, -0.25) is 4.79 Å². The van der Waals surface area contributed by atoms with E-state index in [0.717, 1.165) is 11.8 Å². The molecule has 0 aromatic heterocycles. The van der Waals surface area contributed by atoms with E-state index in [9.17, 15) is 18.3 Å². The van der Waals surface area contributed by atoms with Crippen LogP contribution in [0.15, 0.2) is 24.3 Å². The second-order valence-corrected chi connectivity index (χ2v) is 7.40. The van der Waals surface area contributed by atoms with E-state index in [1.807, 2.05) is 19.1 Å². The lowest BCUT2D eigenvalue weighted by Gasteiger charge is -2.30. The summed E-state index contributed by atoms with van der Waals surface area (Å²) in [4.78, 5) is 11.7. The summed E-state index contributed by atoms with van der Waals surface area (Å²) in [6.07, 6.45) is 1.62. The van der Waals surface area contributed by atoms with Crippen LogP contribution in [0, 0.1) is 6.92 Å². The Balaban J connectivity index is 3.11. The summed E-state index contributed by atoms with van der Waals surface area (Å²) < 4.78 is 22.4. The maximum atomic E-state index is 11.7. The van der Waals surface area contributed by atoms with Gasteiger partial charge in [-0.15, -0.1) is 0 Å². The molecule has 6 heteroatoms. The Bertz CT molecular complexity index is 583. The van der Waals surface area contributed by atoms with Gasteiger partial charge < -0.3 is 10.8 Å². The Morgan fingerprint density at radius 1 is 1.35 bits per heavy atom. The highest BCUT2D eigenvalue weighted by Gasteiger charge is 2.39.